The fourth-order valence-electron chi connectivity index (χ4n) is 2.63. The molecule has 0 amide bonds. The lowest BCUT2D eigenvalue weighted by Gasteiger charge is -1.98. The fourth-order valence-corrected chi connectivity index (χ4v) is 2.63. The minimum atomic E-state index is -0.799. The second-order valence-electron chi connectivity index (χ2n) is 5.77. The highest BCUT2D eigenvalue weighted by atomic mass is 16.7. The van der Waals surface area contributed by atoms with Crippen molar-refractivity contribution in [3.8, 4) is 11.3 Å². The van der Waals surface area contributed by atoms with Crippen molar-refractivity contribution in [3.63, 3.8) is 0 Å². The molecule has 26 heavy (non-hydrogen) atoms. The molecule has 3 rings (SSSR count). The Morgan fingerprint density at radius 3 is 2.69 bits per heavy atom. The maximum atomic E-state index is 10.2. The predicted octanol–water partition coefficient (Wildman–Crippen LogP) is 1.17. The Kier molecular flexibility index (Phi) is 4.61. The van der Waals surface area contributed by atoms with Gasteiger partial charge >= 0.3 is 0 Å². The van der Waals surface area contributed by atoms with E-state index in [1.54, 1.807) is 5.43 Å². The number of pyridine rings is 1. The molecule has 2 heterocycles. The van der Waals surface area contributed by atoms with E-state index in [4.69, 9.17) is 5.73 Å². The molecule has 0 fully saturated rings. The Bertz CT molecular complexity index is 1020. The molecule has 0 saturated carbocycles. The van der Waals surface area contributed by atoms with Gasteiger partial charge in [0.05, 0.1) is 19.5 Å². The first-order valence-corrected chi connectivity index (χ1v) is 7.79. The normalized spacial score (nSPS) is 12.0. The second-order valence-corrected chi connectivity index (χ2v) is 5.77. The third-order valence-electron chi connectivity index (χ3n) is 3.85. The van der Waals surface area contributed by atoms with Crippen LogP contribution in [0.5, 0.6) is 0 Å². The molecule has 9 nitrogen and oxygen atoms in total. The van der Waals surface area contributed by atoms with E-state index in [-0.39, 0.29) is 5.96 Å². The van der Waals surface area contributed by atoms with Crippen LogP contribution in [0.4, 0.5) is 0 Å². The van der Waals surface area contributed by atoms with Gasteiger partial charge in [-0.1, -0.05) is 17.6 Å². The average molecular weight is 352 g/mol. The summed E-state index contributed by atoms with van der Waals surface area (Å²) >= 11 is 0. The summed E-state index contributed by atoms with van der Waals surface area (Å²) < 4.78 is 4.22. The monoisotopic (exact) mass is 352 g/mol. The topological polar surface area (TPSA) is 115 Å². The molecule has 0 atom stereocenters. The number of guanidine groups is 1. The molecule has 0 radical (unpaired) electrons. The smallest absolute Gasteiger partial charge is 0.286 e. The van der Waals surface area contributed by atoms with Crippen molar-refractivity contribution in [2.24, 2.45) is 23.0 Å². The lowest BCUT2D eigenvalue weighted by Crippen LogP contribution is -2.35. The van der Waals surface area contributed by atoms with E-state index >= 15 is 0 Å². The summed E-state index contributed by atoms with van der Waals surface area (Å²) in [4.78, 5) is 10.2. The number of rotatable bonds is 4. The number of nitro groups is 1. The van der Waals surface area contributed by atoms with Gasteiger partial charge in [0.25, 0.3) is 11.6 Å². The van der Waals surface area contributed by atoms with Crippen molar-refractivity contribution >= 4 is 17.8 Å². The highest BCUT2D eigenvalue weighted by Gasteiger charge is 2.15. The Morgan fingerprint density at radius 1 is 1.27 bits per heavy atom. The van der Waals surface area contributed by atoms with Gasteiger partial charge in [0.15, 0.2) is 10.7 Å². The number of benzene rings is 1. The fraction of sp³-hybridized carbons (Fsp3) is 0.118. The van der Waals surface area contributed by atoms with Crippen LogP contribution in [0.2, 0.25) is 0 Å². The number of hydrogen-bond donors (Lipinski definition) is 2. The van der Waals surface area contributed by atoms with Crippen LogP contribution in [0.3, 0.4) is 0 Å². The van der Waals surface area contributed by atoms with Crippen LogP contribution in [0, 0.1) is 17.0 Å². The number of nitrogens with one attached hydrogen (secondary N) is 1. The summed E-state index contributed by atoms with van der Waals surface area (Å²) in [5.41, 5.74) is 12.2. The summed E-state index contributed by atoms with van der Waals surface area (Å²) in [6, 6.07) is 11.9. The third kappa shape index (κ3) is 3.66. The van der Waals surface area contributed by atoms with Crippen molar-refractivity contribution in [2.75, 3.05) is 0 Å². The van der Waals surface area contributed by atoms with Gasteiger partial charge in [0.2, 0.25) is 0 Å². The summed E-state index contributed by atoms with van der Waals surface area (Å²) in [5.74, 6) is -0.384. The number of hydrogen-bond acceptors (Lipinski definition) is 4. The molecule has 0 unspecified atom stereocenters. The molecule has 0 bridgehead atoms. The van der Waals surface area contributed by atoms with Crippen molar-refractivity contribution in [2.45, 2.75) is 6.92 Å². The first-order valence-electron chi connectivity index (χ1n) is 7.79. The number of aromatic nitrogens is 2. The summed E-state index contributed by atoms with van der Waals surface area (Å²) in [6.45, 7) is 2.06. The summed E-state index contributed by atoms with van der Waals surface area (Å²) in [7, 11) is 2.02. The minimum Gasteiger partial charge on any atom is -0.364 e. The Morgan fingerprint density at radius 2 is 2.00 bits per heavy atom. The van der Waals surface area contributed by atoms with Gasteiger partial charge in [-0.05, 0) is 36.2 Å². The lowest BCUT2D eigenvalue weighted by molar-refractivity contribution is -0.525. The van der Waals surface area contributed by atoms with Gasteiger partial charge in [-0.2, -0.15) is 5.10 Å². The Balaban J connectivity index is 1.82. The molecule has 9 heteroatoms. The van der Waals surface area contributed by atoms with E-state index in [0.717, 1.165) is 22.5 Å². The number of nitrogens with zero attached hydrogens (tertiary/aromatic N) is 5. The molecule has 2 aromatic heterocycles. The zero-order chi connectivity index (χ0) is 18.7. The molecule has 0 aliphatic heterocycles. The highest BCUT2D eigenvalue weighted by Crippen LogP contribution is 2.20. The highest BCUT2D eigenvalue weighted by molar-refractivity contribution is 5.82. The van der Waals surface area contributed by atoms with Gasteiger partial charge in [-0.15, -0.1) is 5.10 Å². The Labute approximate surface area is 149 Å². The van der Waals surface area contributed by atoms with Gasteiger partial charge in [-0.25, -0.2) is 19.1 Å². The first-order chi connectivity index (χ1) is 12.4. The van der Waals surface area contributed by atoms with Crippen LogP contribution < -0.4 is 15.6 Å². The van der Waals surface area contributed by atoms with E-state index in [2.05, 4.69) is 50.6 Å². The van der Waals surface area contributed by atoms with Gasteiger partial charge < -0.3 is 5.73 Å². The van der Waals surface area contributed by atoms with E-state index in [9.17, 15) is 10.1 Å². The van der Waals surface area contributed by atoms with Crippen molar-refractivity contribution < 1.29 is 9.43 Å². The maximum Gasteiger partial charge on any atom is 0.286 e. The lowest BCUT2D eigenvalue weighted by atomic mass is 10.1. The zero-order valence-corrected chi connectivity index (χ0v) is 14.3. The van der Waals surface area contributed by atoms with Crippen LogP contribution in [0.25, 0.3) is 16.9 Å². The van der Waals surface area contributed by atoms with E-state index in [1.165, 1.54) is 11.8 Å². The molecule has 1 aromatic carbocycles. The number of aryl methyl sites for hydroxylation is 2. The first kappa shape index (κ1) is 17.1. The van der Waals surface area contributed by atoms with Crippen molar-refractivity contribution in [1.82, 2.24) is 9.99 Å². The molecule has 132 valence electrons. The molecule has 0 saturated heterocycles. The predicted molar refractivity (Wildman–Crippen MR) is 98.1 cm³/mol. The molecule has 3 N–H and O–H groups in total. The van der Waals surface area contributed by atoms with Crippen LogP contribution >= 0.6 is 0 Å². The minimum absolute atomic E-state index is 0.384. The summed E-state index contributed by atoms with van der Waals surface area (Å²) in [6.07, 6.45) is 5.64. The number of hydrazine groups is 1. The van der Waals surface area contributed by atoms with E-state index < -0.39 is 5.03 Å². The van der Waals surface area contributed by atoms with Crippen molar-refractivity contribution in [1.29, 1.82) is 0 Å². The van der Waals surface area contributed by atoms with Crippen molar-refractivity contribution in [3.05, 3.63) is 70.0 Å². The summed E-state index contributed by atoms with van der Waals surface area (Å²) in [5, 5.41) is 16.6. The number of nitrogens with two attached hydrogens (primary N) is 1. The maximum absolute atomic E-state index is 10.2. The molecular formula is C17H18N7O2+. The number of fused-ring (bicyclic) bond motifs is 1. The standard InChI is InChI=1S/C17H18N7O2/c1-12-3-8-16-22(2)15(11-23(16)10-12)14-6-4-13(5-7-14)9-19-20-17(18)21-24(25)26/h3-11H,1-2H3,(H3,18,20,21)/q+1/b19-9+. The van der Waals surface area contributed by atoms with Crippen LogP contribution in [0.1, 0.15) is 11.1 Å². The molecule has 0 aliphatic carbocycles. The quantitative estimate of drug-likeness (QED) is 0.241. The van der Waals surface area contributed by atoms with Crippen LogP contribution in [0.15, 0.2) is 59.0 Å². The molecule has 0 aliphatic rings. The SMILES string of the molecule is Cc1ccc2n(C)c(-c3ccc(/C=N/N=C(\N)N[N+](=O)[O-])cc3)c[n+]2c1. The largest absolute Gasteiger partial charge is 0.364 e. The zero-order valence-electron chi connectivity index (χ0n) is 14.3. The van der Waals surface area contributed by atoms with Gasteiger partial charge in [0.1, 0.15) is 6.20 Å². The van der Waals surface area contributed by atoms with Crippen LogP contribution in [-0.2, 0) is 7.05 Å². The molecule has 0 spiro atoms. The van der Waals surface area contributed by atoms with E-state index in [0.29, 0.717) is 0 Å². The van der Waals surface area contributed by atoms with Gasteiger partial charge in [0, 0.05) is 11.6 Å². The molecular weight excluding hydrogens is 334 g/mol. The number of imidazole rings is 1. The average Bonchev–Trinajstić information content (AvgIpc) is 2.91. The molecule has 3 aromatic rings. The second kappa shape index (κ2) is 7.01. The third-order valence-corrected chi connectivity index (χ3v) is 3.85. The van der Waals surface area contributed by atoms with E-state index in [1.807, 2.05) is 31.3 Å². The van der Waals surface area contributed by atoms with Gasteiger partial charge in [-0.3, -0.25) is 0 Å². The van der Waals surface area contributed by atoms with Crippen LogP contribution in [-0.4, -0.2) is 21.8 Å². The Hall–Kier alpha value is -3.75.